The van der Waals surface area contributed by atoms with Crippen molar-refractivity contribution in [1.82, 2.24) is 4.90 Å². The average Bonchev–Trinajstić information content (AvgIpc) is 2.41. The summed E-state index contributed by atoms with van der Waals surface area (Å²) < 4.78 is 5.33. The highest BCUT2D eigenvalue weighted by Gasteiger charge is 2.26. The molecule has 2 rings (SSSR count). The second-order valence-electron chi connectivity index (χ2n) is 4.95. The number of ether oxygens (including phenoxy) is 1. The lowest BCUT2D eigenvalue weighted by atomic mass is 9.97. The molecule has 4 heteroatoms. The Morgan fingerprint density at radius 1 is 1.53 bits per heavy atom. The van der Waals surface area contributed by atoms with Crippen LogP contribution in [0.5, 0.6) is 5.75 Å². The number of nitriles is 1. The molecular formula is C15H18N2O2. The maximum atomic E-state index is 12.0. The van der Waals surface area contributed by atoms with Crippen molar-refractivity contribution in [3.05, 3.63) is 29.3 Å². The Labute approximate surface area is 113 Å². The molecule has 0 N–H and O–H groups in total. The van der Waals surface area contributed by atoms with Crippen LogP contribution < -0.4 is 4.74 Å². The predicted octanol–water partition coefficient (Wildman–Crippen LogP) is 2.27. The predicted molar refractivity (Wildman–Crippen MR) is 71.5 cm³/mol. The largest absolute Gasteiger partial charge is 0.496 e. The van der Waals surface area contributed by atoms with Crippen LogP contribution in [0.4, 0.5) is 0 Å². The zero-order chi connectivity index (χ0) is 13.8. The summed E-state index contributed by atoms with van der Waals surface area (Å²) in [6.07, 6.45) is 1.10. The van der Waals surface area contributed by atoms with Crippen molar-refractivity contribution < 1.29 is 9.53 Å². The lowest BCUT2D eigenvalue weighted by Gasteiger charge is -2.29. The summed E-state index contributed by atoms with van der Waals surface area (Å²) in [5, 5.41) is 8.86. The van der Waals surface area contributed by atoms with E-state index >= 15 is 0 Å². The molecule has 1 saturated heterocycles. The average molecular weight is 258 g/mol. The van der Waals surface area contributed by atoms with Gasteiger partial charge in [-0.15, -0.1) is 0 Å². The minimum Gasteiger partial charge on any atom is -0.496 e. The van der Waals surface area contributed by atoms with E-state index in [2.05, 4.69) is 6.07 Å². The van der Waals surface area contributed by atoms with E-state index in [-0.39, 0.29) is 11.8 Å². The van der Waals surface area contributed by atoms with Crippen molar-refractivity contribution in [1.29, 1.82) is 5.26 Å². The van der Waals surface area contributed by atoms with Gasteiger partial charge in [0.05, 0.1) is 19.1 Å². The van der Waals surface area contributed by atoms with Crippen molar-refractivity contribution in [2.24, 2.45) is 5.92 Å². The van der Waals surface area contributed by atoms with Gasteiger partial charge in [-0.2, -0.15) is 5.26 Å². The summed E-state index contributed by atoms with van der Waals surface area (Å²) in [6.45, 7) is 3.22. The Bertz CT molecular complexity index is 519. The van der Waals surface area contributed by atoms with Gasteiger partial charge in [0.1, 0.15) is 5.75 Å². The zero-order valence-corrected chi connectivity index (χ0v) is 11.3. The topological polar surface area (TPSA) is 53.3 Å². The number of hydrogen-bond acceptors (Lipinski definition) is 3. The Morgan fingerprint density at radius 2 is 2.32 bits per heavy atom. The van der Waals surface area contributed by atoms with Crippen molar-refractivity contribution >= 4 is 5.91 Å². The Kier molecular flexibility index (Phi) is 4.06. The van der Waals surface area contributed by atoms with Crippen molar-refractivity contribution in [3.63, 3.8) is 0 Å². The number of rotatable bonds is 3. The van der Waals surface area contributed by atoms with Crippen molar-refractivity contribution in [3.8, 4) is 11.8 Å². The molecule has 0 aromatic heterocycles. The van der Waals surface area contributed by atoms with Gasteiger partial charge in [0.25, 0.3) is 0 Å². The molecule has 1 unspecified atom stereocenters. The maximum Gasteiger partial charge on any atom is 0.224 e. The zero-order valence-electron chi connectivity index (χ0n) is 11.3. The number of methoxy groups -OCH3 is 1. The van der Waals surface area contributed by atoms with Crippen molar-refractivity contribution in [2.45, 2.75) is 26.3 Å². The van der Waals surface area contributed by atoms with E-state index in [0.29, 0.717) is 19.5 Å². The monoisotopic (exact) mass is 258 g/mol. The molecule has 1 heterocycles. The van der Waals surface area contributed by atoms with Crippen LogP contribution in [0.2, 0.25) is 0 Å². The van der Waals surface area contributed by atoms with Gasteiger partial charge in [0, 0.05) is 25.1 Å². The smallest absolute Gasteiger partial charge is 0.224 e. The van der Waals surface area contributed by atoms with E-state index in [1.807, 2.05) is 30.0 Å². The van der Waals surface area contributed by atoms with E-state index in [0.717, 1.165) is 23.3 Å². The molecule has 0 aliphatic carbocycles. The first kappa shape index (κ1) is 13.4. The number of nitrogens with zero attached hydrogens (tertiary/aromatic N) is 2. The second kappa shape index (κ2) is 5.75. The quantitative estimate of drug-likeness (QED) is 0.835. The molecule has 100 valence electrons. The molecule has 1 amide bonds. The molecule has 4 nitrogen and oxygen atoms in total. The summed E-state index contributed by atoms with van der Waals surface area (Å²) in [5.74, 6) is 0.741. The molecule has 1 aliphatic heterocycles. The summed E-state index contributed by atoms with van der Waals surface area (Å²) in [6, 6.07) is 8.14. The van der Waals surface area contributed by atoms with Crippen LogP contribution in [-0.4, -0.2) is 24.5 Å². The Morgan fingerprint density at radius 3 is 2.95 bits per heavy atom. The second-order valence-corrected chi connectivity index (χ2v) is 4.95. The molecule has 1 aromatic rings. The first-order valence-corrected chi connectivity index (χ1v) is 6.45. The minimum absolute atomic E-state index is 0.0568. The number of carbonyl (C=O) groups excluding carboxylic acids is 1. The molecule has 1 aliphatic rings. The van der Waals surface area contributed by atoms with Crippen LogP contribution in [0.3, 0.4) is 0 Å². The normalized spacial score (nSPS) is 19.1. The standard InChI is InChI=1S/C15H18N2O2/c1-11-3-4-14(19-2)13(7-11)10-17-6-5-12(9-16)8-15(17)18/h3-4,7,12H,5-6,8,10H2,1-2H3. The fourth-order valence-corrected chi connectivity index (χ4v) is 2.39. The van der Waals surface area contributed by atoms with Crippen LogP contribution in [0, 0.1) is 24.2 Å². The molecular weight excluding hydrogens is 240 g/mol. The lowest BCUT2D eigenvalue weighted by Crippen LogP contribution is -2.38. The number of carbonyl (C=O) groups is 1. The number of aryl methyl sites for hydroxylation is 1. The molecule has 0 spiro atoms. The van der Waals surface area contributed by atoms with E-state index in [9.17, 15) is 4.79 Å². The summed E-state index contributed by atoms with van der Waals surface area (Å²) in [4.78, 5) is 13.8. The van der Waals surface area contributed by atoms with Crippen LogP contribution in [0.1, 0.15) is 24.0 Å². The van der Waals surface area contributed by atoms with Crippen LogP contribution in [-0.2, 0) is 11.3 Å². The number of amides is 1. The summed E-state index contributed by atoms with van der Waals surface area (Å²) in [7, 11) is 1.64. The fourth-order valence-electron chi connectivity index (χ4n) is 2.39. The molecule has 1 fully saturated rings. The molecule has 0 radical (unpaired) electrons. The third-order valence-corrected chi connectivity index (χ3v) is 3.50. The lowest BCUT2D eigenvalue weighted by molar-refractivity contribution is -0.134. The Balaban J connectivity index is 2.12. The minimum atomic E-state index is -0.122. The number of benzene rings is 1. The summed E-state index contributed by atoms with van der Waals surface area (Å²) in [5.41, 5.74) is 2.17. The maximum absolute atomic E-state index is 12.0. The SMILES string of the molecule is COc1ccc(C)cc1CN1CCC(C#N)CC1=O. The van der Waals surface area contributed by atoms with Gasteiger partial charge in [0.15, 0.2) is 0 Å². The third-order valence-electron chi connectivity index (χ3n) is 3.50. The van der Waals surface area contributed by atoms with Crippen LogP contribution in [0.15, 0.2) is 18.2 Å². The highest BCUT2D eigenvalue weighted by atomic mass is 16.5. The number of likely N-dealkylation sites (tertiary alicyclic amines) is 1. The molecule has 1 aromatic carbocycles. The van der Waals surface area contributed by atoms with Crippen molar-refractivity contribution in [2.75, 3.05) is 13.7 Å². The number of piperidine rings is 1. The van der Waals surface area contributed by atoms with E-state index in [1.54, 1.807) is 7.11 Å². The van der Waals surface area contributed by atoms with Gasteiger partial charge in [-0.25, -0.2) is 0 Å². The van der Waals surface area contributed by atoms with Gasteiger partial charge in [-0.05, 0) is 19.4 Å². The fraction of sp³-hybridized carbons (Fsp3) is 0.467. The number of hydrogen-bond donors (Lipinski definition) is 0. The van der Waals surface area contributed by atoms with E-state index in [1.165, 1.54) is 0 Å². The summed E-state index contributed by atoms with van der Waals surface area (Å²) >= 11 is 0. The van der Waals surface area contributed by atoms with Gasteiger partial charge >= 0.3 is 0 Å². The molecule has 0 bridgehead atoms. The third kappa shape index (κ3) is 3.05. The molecule has 1 atom stereocenters. The van der Waals surface area contributed by atoms with E-state index < -0.39 is 0 Å². The Hall–Kier alpha value is -2.02. The highest BCUT2D eigenvalue weighted by Crippen LogP contribution is 2.24. The van der Waals surface area contributed by atoms with E-state index in [4.69, 9.17) is 10.00 Å². The first-order chi connectivity index (χ1) is 9.13. The van der Waals surface area contributed by atoms with Crippen LogP contribution >= 0.6 is 0 Å². The molecule has 19 heavy (non-hydrogen) atoms. The van der Waals surface area contributed by atoms with Crippen LogP contribution in [0.25, 0.3) is 0 Å². The molecule has 0 saturated carbocycles. The first-order valence-electron chi connectivity index (χ1n) is 6.45. The highest BCUT2D eigenvalue weighted by molar-refractivity contribution is 5.77. The van der Waals surface area contributed by atoms with Gasteiger partial charge in [-0.3, -0.25) is 4.79 Å². The van der Waals surface area contributed by atoms with Gasteiger partial charge in [-0.1, -0.05) is 17.7 Å². The van der Waals surface area contributed by atoms with Gasteiger partial charge < -0.3 is 9.64 Å². The van der Waals surface area contributed by atoms with Gasteiger partial charge in [0.2, 0.25) is 5.91 Å².